The SMILES string of the molecule is COc1cc(NCCc2ccncc2)nc(C)n1. The zero-order chi connectivity index (χ0) is 12.8. The quantitative estimate of drug-likeness (QED) is 0.869. The second kappa shape index (κ2) is 5.95. The van der Waals surface area contributed by atoms with E-state index < -0.39 is 0 Å². The minimum atomic E-state index is 0.578. The summed E-state index contributed by atoms with van der Waals surface area (Å²) in [5.74, 6) is 2.06. The molecule has 1 N–H and O–H groups in total. The normalized spacial score (nSPS) is 10.1. The largest absolute Gasteiger partial charge is 0.481 e. The highest BCUT2D eigenvalue weighted by molar-refractivity contribution is 5.38. The molecule has 0 saturated heterocycles. The van der Waals surface area contributed by atoms with Gasteiger partial charge in [-0.05, 0) is 31.0 Å². The molecule has 2 rings (SSSR count). The number of hydrogen-bond acceptors (Lipinski definition) is 5. The number of aryl methyl sites for hydroxylation is 1. The lowest BCUT2D eigenvalue weighted by Crippen LogP contribution is -2.07. The molecule has 0 spiro atoms. The molecular formula is C13H16N4O. The summed E-state index contributed by atoms with van der Waals surface area (Å²) in [6, 6.07) is 5.81. The second-order valence-electron chi connectivity index (χ2n) is 3.87. The van der Waals surface area contributed by atoms with Crippen molar-refractivity contribution < 1.29 is 4.74 Å². The van der Waals surface area contributed by atoms with Crippen molar-refractivity contribution in [2.24, 2.45) is 0 Å². The van der Waals surface area contributed by atoms with E-state index >= 15 is 0 Å². The Hall–Kier alpha value is -2.17. The van der Waals surface area contributed by atoms with Gasteiger partial charge in [0.05, 0.1) is 7.11 Å². The maximum absolute atomic E-state index is 5.10. The van der Waals surface area contributed by atoms with Crippen molar-refractivity contribution in [1.29, 1.82) is 0 Å². The molecule has 2 aromatic rings. The number of nitrogens with zero attached hydrogens (tertiary/aromatic N) is 3. The molecule has 0 aliphatic carbocycles. The molecule has 0 aliphatic heterocycles. The maximum atomic E-state index is 5.10. The van der Waals surface area contributed by atoms with Crippen LogP contribution in [-0.4, -0.2) is 28.6 Å². The number of pyridine rings is 1. The van der Waals surface area contributed by atoms with Crippen LogP contribution in [0.1, 0.15) is 11.4 Å². The summed E-state index contributed by atoms with van der Waals surface area (Å²) in [5.41, 5.74) is 1.25. The molecule has 0 atom stereocenters. The topological polar surface area (TPSA) is 59.9 Å². The van der Waals surface area contributed by atoms with Gasteiger partial charge >= 0.3 is 0 Å². The fraction of sp³-hybridized carbons (Fsp3) is 0.308. The molecule has 0 fully saturated rings. The summed E-state index contributed by atoms with van der Waals surface area (Å²) in [6.45, 7) is 2.65. The Morgan fingerprint density at radius 3 is 2.72 bits per heavy atom. The first kappa shape index (κ1) is 12.3. The Labute approximate surface area is 106 Å². The third-order valence-electron chi connectivity index (χ3n) is 2.49. The molecule has 94 valence electrons. The van der Waals surface area contributed by atoms with Crippen LogP contribution in [0.2, 0.25) is 0 Å². The standard InChI is InChI=1S/C13H16N4O/c1-10-16-12(9-13(17-10)18-2)15-8-5-11-3-6-14-7-4-11/h3-4,6-7,9H,5,8H2,1-2H3,(H,15,16,17). The molecule has 5 heteroatoms. The van der Waals surface area contributed by atoms with Crippen LogP contribution in [0.3, 0.4) is 0 Å². The van der Waals surface area contributed by atoms with Crippen molar-refractivity contribution in [2.45, 2.75) is 13.3 Å². The van der Waals surface area contributed by atoms with Crippen LogP contribution in [0, 0.1) is 6.92 Å². The number of rotatable bonds is 5. The third-order valence-corrected chi connectivity index (χ3v) is 2.49. The lowest BCUT2D eigenvalue weighted by molar-refractivity contribution is 0.396. The zero-order valence-electron chi connectivity index (χ0n) is 10.6. The van der Waals surface area contributed by atoms with Crippen molar-refractivity contribution in [3.05, 3.63) is 42.0 Å². The predicted octanol–water partition coefficient (Wildman–Crippen LogP) is 1.84. The van der Waals surface area contributed by atoms with Crippen molar-refractivity contribution in [1.82, 2.24) is 15.0 Å². The molecule has 0 amide bonds. The van der Waals surface area contributed by atoms with Gasteiger partial charge in [-0.1, -0.05) is 0 Å². The van der Waals surface area contributed by atoms with Crippen LogP contribution in [0.15, 0.2) is 30.6 Å². The summed E-state index contributed by atoms with van der Waals surface area (Å²) >= 11 is 0. The minimum absolute atomic E-state index is 0.578. The van der Waals surface area contributed by atoms with Gasteiger partial charge in [-0.2, -0.15) is 4.98 Å². The van der Waals surface area contributed by atoms with E-state index in [4.69, 9.17) is 4.74 Å². The fourth-order valence-corrected chi connectivity index (χ4v) is 1.62. The van der Waals surface area contributed by atoms with E-state index in [9.17, 15) is 0 Å². The molecule has 0 radical (unpaired) electrons. The van der Waals surface area contributed by atoms with Gasteiger partial charge < -0.3 is 10.1 Å². The van der Waals surface area contributed by atoms with Gasteiger partial charge in [0.15, 0.2) is 0 Å². The average Bonchev–Trinajstić information content (AvgIpc) is 2.39. The van der Waals surface area contributed by atoms with Crippen LogP contribution >= 0.6 is 0 Å². The van der Waals surface area contributed by atoms with E-state index in [0.29, 0.717) is 11.7 Å². The molecule has 0 bridgehead atoms. The number of anilines is 1. The van der Waals surface area contributed by atoms with Crippen LogP contribution < -0.4 is 10.1 Å². The summed E-state index contributed by atoms with van der Waals surface area (Å²) in [7, 11) is 1.60. The van der Waals surface area contributed by atoms with Crippen molar-refractivity contribution in [3.63, 3.8) is 0 Å². The van der Waals surface area contributed by atoms with E-state index in [-0.39, 0.29) is 0 Å². The van der Waals surface area contributed by atoms with Crippen molar-refractivity contribution >= 4 is 5.82 Å². The molecular weight excluding hydrogens is 228 g/mol. The summed E-state index contributed by atoms with van der Waals surface area (Å²) in [6.07, 6.45) is 4.52. The molecule has 18 heavy (non-hydrogen) atoms. The van der Waals surface area contributed by atoms with Gasteiger partial charge in [-0.25, -0.2) is 4.98 Å². The molecule has 2 aromatic heterocycles. The number of aromatic nitrogens is 3. The molecule has 2 heterocycles. The number of nitrogens with one attached hydrogen (secondary N) is 1. The lowest BCUT2D eigenvalue weighted by atomic mass is 10.2. The number of methoxy groups -OCH3 is 1. The smallest absolute Gasteiger partial charge is 0.218 e. The summed E-state index contributed by atoms with van der Waals surface area (Å²) < 4.78 is 5.10. The Morgan fingerprint density at radius 2 is 2.00 bits per heavy atom. The highest BCUT2D eigenvalue weighted by Gasteiger charge is 2.01. The van der Waals surface area contributed by atoms with Gasteiger partial charge in [0.1, 0.15) is 11.6 Å². The third kappa shape index (κ3) is 3.41. The van der Waals surface area contributed by atoms with Crippen molar-refractivity contribution in [2.75, 3.05) is 19.0 Å². The first-order valence-corrected chi connectivity index (χ1v) is 5.80. The first-order valence-electron chi connectivity index (χ1n) is 5.80. The zero-order valence-corrected chi connectivity index (χ0v) is 10.6. The van der Waals surface area contributed by atoms with Gasteiger partial charge in [-0.3, -0.25) is 4.98 Å². The monoisotopic (exact) mass is 244 g/mol. The second-order valence-corrected chi connectivity index (χ2v) is 3.87. The first-order chi connectivity index (χ1) is 8.78. The molecule has 0 unspecified atom stereocenters. The van der Waals surface area contributed by atoms with Crippen LogP contribution in [0.25, 0.3) is 0 Å². The Balaban J connectivity index is 1.92. The fourth-order valence-electron chi connectivity index (χ4n) is 1.62. The van der Waals surface area contributed by atoms with E-state index in [0.717, 1.165) is 18.8 Å². The van der Waals surface area contributed by atoms with Gasteiger partial charge in [0.2, 0.25) is 5.88 Å². The molecule has 5 nitrogen and oxygen atoms in total. The van der Waals surface area contributed by atoms with Crippen LogP contribution in [0.5, 0.6) is 5.88 Å². The van der Waals surface area contributed by atoms with Crippen molar-refractivity contribution in [3.8, 4) is 5.88 Å². The van der Waals surface area contributed by atoms with E-state index in [2.05, 4.69) is 20.3 Å². The Bertz CT molecular complexity index is 502. The molecule has 0 saturated carbocycles. The molecule has 0 aromatic carbocycles. The Morgan fingerprint density at radius 1 is 1.22 bits per heavy atom. The number of ether oxygens (including phenoxy) is 1. The summed E-state index contributed by atoms with van der Waals surface area (Å²) in [4.78, 5) is 12.4. The van der Waals surface area contributed by atoms with E-state index in [1.165, 1.54) is 5.56 Å². The predicted molar refractivity (Wildman–Crippen MR) is 69.8 cm³/mol. The van der Waals surface area contributed by atoms with Gasteiger partial charge in [-0.15, -0.1) is 0 Å². The van der Waals surface area contributed by atoms with E-state index in [1.54, 1.807) is 25.6 Å². The summed E-state index contributed by atoms with van der Waals surface area (Å²) in [5, 5.41) is 3.26. The van der Waals surface area contributed by atoms with Crippen LogP contribution in [-0.2, 0) is 6.42 Å². The molecule has 0 aliphatic rings. The van der Waals surface area contributed by atoms with Crippen LogP contribution in [0.4, 0.5) is 5.82 Å². The Kier molecular flexibility index (Phi) is 4.06. The highest BCUT2D eigenvalue weighted by Crippen LogP contribution is 2.12. The van der Waals surface area contributed by atoms with E-state index in [1.807, 2.05) is 19.1 Å². The minimum Gasteiger partial charge on any atom is -0.481 e. The average molecular weight is 244 g/mol. The maximum Gasteiger partial charge on any atom is 0.218 e. The lowest BCUT2D eigenvalue weighted by Gasteiger charge is -2.07. The van der Waals surface area contributed by atoms with Gasteiger partial charge in [0.25, 0.3) is 0 Å². The van der Waals surface area contributed by atoms with Gasteiger partial charge in [0, 0.05) is 25.0 Å². The number of hydrogen-bond donors (Lipinski definition) is 1. The highest BCUT2D eigenvalue weighted by atomic mass is 16.5.